The lowest BCUT2D eigenvalue weighted by atomic mass is 10.1. The minimum Gasteiger partial charge on any atom is -0.356 e. The molecule has 2 amide bonds. The molecule has 104 valence electrons. The second kappa shape index (κ2) is 9.20. The number of halogens is 1. The van der Waals surface area contributed by atoms with Crippen LogP contribution in [0.15, 0.2) is 0 Å². The van der Waals surface area contributed by atoms with Crippen LogP contribution in [0.4, 0.5) is 0 Å². The summed E-state index contributed by atoms with van der Waals surface area (Å²) in [6.07, 6.45) is 6.86. The molecule has 0 bridgehead atoms. The number of amides is 2. The van der Waals surface area contributed by atoms with E-state index in [1.165, 1.54) is 0 Å². The Morgan fingerprint density at radius 2 is 1.89 bits per heavy atom. The Hall–Kier alpha value is -0.770. The fourth-order valence-corrected chi connectivity index (χ4v) is 2.20. The van der Waals surface area contributed by atoms with Gasteiger partial charge in [0.2, 0.25) is 11.8 Å². The number of carbonyl (C=O) groups excluding carboxylic acids is 2. The number of hydrogen-bond donors (Lipinski definition) is 1. The third kappa shape index (κ3) is 6.24. The van der Waals surface area contributed by atoms with Crippen LogP contribution in [-0.4, -0.2) is 42.2 Å². The first kappa shape index (κ1) is 15.3. The molecule has 2 fully saturated rings. The van der Waals surface area contributed by atoms with Gasteiger partial charge in [-0.15, -0.1) is 11.6 Å². The molecule has 0 aromatic rings. The summed E-state index contributed by atoms with van der Waals surface area (Å²) in [7, 11) is 0. The van der Waals surface area contributed by atoms with Crippen LogP contribution in [0, 0.1) is 0 Å². The zero-order chi connectivity index (χ0) is 13.2. The smallest absolute Gasteiger partial charge is 0.222 e. The van der Waals surface area contributed by atoms with Crippen LogP contribution in [0.1, 0.15) is 44.9 Å². The Balaban J connectivity index is 0.000000199. The topological polar surface area (TPSA) is 49.4 Å². The molecular weight excluding hydrogens is 252 g/mol. The van der Waals surface area contributed by atoms with Crippen molar-refractivity contribution >= 4 is 23.4 Å². The Bertz CT molecular complexity index is 264. The minimum atomic E-state index is 0.214. The van der Waals surface area contributed by atoms with Crippen LogP contribution in [0.2, 0.25) is 0 Å². The van der Waals surface area contributed by atoms with Gasteiger partial charge >= 0.3 is 0 Å². The molecule has 0 aliphatic carbocycles. The maximum Gasteiger partial charge on any atom is 0.222 e. The average molecular weight is 275 g/mol. The molecule has 0 atom stereocenters. The molecule has 4 nitrogen and oxygen atoms in total. The van der Waals surface area contributed by atoms with E-state index >= 15 is 0 Å². The minimum absolute atomic E-state index is 0.214. The zero-order valence-electron chi connectivity index (χ0n) is 10.9. The van der Waals surface area contributed by atoms with E-state index in [9.17, 15) is 9.59 Å². The number of rotatable bonds is 3. The van der Waals surface area contributed by atoms with Crippen molar-refractivity contribution in [3.63, 3.8) is 0 Å². The van der Waals surface area contributed by atoms with Crippen molar-refractivity contribution < 1.29 is 9.59 Å². The summed E-state index contributed by atoms with van der Waals surface area (Å²) < 4.78 is 0. The maximum absolute atomic E-state index is 11.2. The average Bonchev–Trinajstić information content (AvgIpc) is 2.39. The van der Waals surface area contributed by atoms with Gasteiger partial charge < -0.3 is 10.2 Å². The number of alkyl halides is 1. The van der Waals surface area contributed by atoms with Crippen molar-refractivity contribution in [1.82, 2.24) is 10.2 Å². The number of nitrogens with zero attached hydrogens (tertiary/aromatic N) is 1. The molecule has 5 heteroatoms. The van der Waals surface area contributed by atoms with Crippen LogP contribution in [0.3, 0.4) is 0 Å². The monoisotopic (exact) mass is 274 g/mol. The van der Waals surface area contributed by atoms with Gasteiger partial charge in [-0.25, -0.2) is 0 Å². The number of nitrogens with one attached hydrogen (secondary N) is 1. The highest BCUT2D eigenvalue weighted by Crippen LogP contribution is 2.10. The van der Waals surface area contributed by atoms with E-state index < -0.39 is 0 Å². The van der Waals surface area contributed by atoms with Gasteiger partial charge in [0.1, 0.15) is 0 Å². The van der Waals surface area contributed by atoms with E-state index in [0.29, 0.717) is 11.8 Å². The van der Waals surface area contributed by atoms with Gasteiger partial charge in [0.15, 0.2) is 0 Å². The van der Waals surface area contributed by atoms with E-state index in [1.807, 2.05) is 4.90 Å². The summed E-state index contributed by atoms with van der Waals surface area (Å²) in [5.41, 5.74) is 0. The van der Waals surface area contributed by atoms with Crippen molar-refractivity contribution in [3.8, 4) is 0 Å². The molecule has 2 aliphatic heterocycles. The molecule has 0 aromatic heterocycles. The number of likely N-dealkylation sites (tertiary alicyclic amines) is 1. The first-order valence-corrected chi connectivity index (χ1v) is 7.38. The second-order valence-electron chi connectivity index (χ2n) is 4.69. The number of piperidine rings is 2. The largest absolute Gasteiger partial charge is 0.356 e. The lowest BCUT2D eigenvalue weighted by Gasteiger charge is -2.26. The highest BCUT2D eigenvalue weighted by atomic mass is 35.5. The van der Waals surface area contributed by atoms with Gasteiger partial charge in [-0.3, -0.25) is 9.59 Å². The van der Waals surface area contributed by atoms with Crippen molar-refractivity contribution in [2.45, 2.75) is 44.9 Å². The van der Waals surface area contributed by atoms with E-state index in [1.54, 1.807) is 0 Å². The van der Waals surface area contributed by atoms with Crippen LogP contribution in [0.5, 0.6) is 0 Å². The number of carbonyl (C=O) groups is 2. The van der Waals surface area contributed by atoms with Crippen molar-refractivity contribution in [2.24, 2.45) is 0 Å². The van der Waals surface area contributed by atoms with Crippen LogP contribution >= 0.6 is 11.6 Å². The van der Waals surface area contributed by atoms with E-state index in [-0.39, 0.29) is 5.91 Å². The highest BCUT2D eigenvalue weighted by Gasteiger charge is 2.16. The van der Waals surface area contributed by atoms with Gasteiger partial charge in [-0.2, -0.15) is 0 Å². The molecule has 2 saturated heterocycles. The molecule has 0 aromatic carbocycles. The van der Waals surface area contributed by atoms with Crippen molar-refractivity contribution in [3.05, 3.63) is 0 Å². The molecular formula is C13H23ClN2O2. The number of hydrogen-bond acceptors (Lipinski definition) is 2. The van der Waals surface area contributed by atoms with E-state index in [0.717, 1.165) is 64.6 Å². The maximum atomic E-state index is 11.2. The molecule has 0 unspecified atom stereocenters. The lowest BCUT2D eigenvalue weighted by molar-refractivity contribution is -0.133. The summed E-state index contributed by atoms with van der Waals surface area (Å²) in [6, 6.07) is 0. The molecule has 0 spiro atoms. The molecule has 2 aliphatic rings. The van der Waals surface area contributed by atoms with Gasteiger partial charge in [0.25, 0.3) is 0 Å². The molecule has 1 N–H and O–H groups in total. The summed E-state index contributed by atoms with van der Waals surface area (Å²) in [6.45, 7) is 2.68. The van der Waals surface area contributed by atoms with Gasteiger partial charge in [-0.05, 0) is 32.1 Å². The van der Waals surface area contributed by atoms with Crippen LogP contribution in [-0.2, 0) is 9.59 Å². The lowest BCUT2D eigenvalue weighted by Crippen LogP contribution is -2.36. The first-order valence-electron chi connectivity index (χ1n) is 6.84. The fraction of sp³-hybridized carbons (Fsp3) is 0.846. The third-order valence-electron chi connectivity index (χ3n) is 3.14. The molecule has 0 saturated carbocycles. The van der Waals surface area contributed by atoms with Gasteiger partial charge in [0.05, 0.1) is 0 Å². The van der Waals surface area contributed by atoms with Crippen LogP contribution < -0.4 is 5.32 Å². The third-order valence-corrected chi connectivity index (χ3v) is 3.40. The normalized spacial score (nSPS) is 19.9. The summed E-state index contributed by atoms with van der Waals surface area (Å²) in [4.78, 5) is 23.5. The standard InChI is InChI=1S/C8H14ClNO.C5H9NO/c9-5-3-7-10-6-2-1-4-8(10)11;7-5-3-1-2-4-6-5/h1-7H2;1-4H2,(H,6,7). The first-order chi connectivity index (χ1) is 8.74. The predicted octanol–water partition coefficient (Wildman–Crippen LogP) is 1.91. The van der Waals surface area contributed by atoms with Crippen molar-refractivity contribution in [2.75, 3.05) is 25.5 Å². The fourth-order valence-electron chi connectivity index (χ4n) is 2.08. The Morgan fingerprint density at radius 1 is 1.11 bits per heavy atom. The van der Waals surface area contributed by atoms with E-state index in [2.05, 4.69) is 5.32 Å². The Morgan fingerprint density at radius 3 is 2.39 bits per heavy atom. The Labute approximate surface area is 114 Å². The summed E-state index contributed by atoms with van der Waals surface area (Å²) >= 11 is 5.53. The van der Waals surface area contributed by atoms with Crippen molar-refractivity contribution in [1.29, 1.82) is 0 Å². The predicted molar refractivity (Wildman–Crippen MR) is 72.6 cm³/mol. The SMILES string of the molecule is O=C1CCCCN1.O=C1CCCCN1CCCCl. The molecule has 0 radical (unpaired) electrons. The van der Waals surface area contributed by atoms with Crippen LogP contribution in [0.25, 0.3) is 0 Å². The molecule has 18 heavy (non-hydrogen) atoms. The second-order valence-corrected chi connectivity index (χ2v) is 5.07. The summed E-state index contributed by atoms with van der Waals surface area (Å²) in [5, 5.41) is 2.74. The molecule has 2 rings (SSSR count). The van der Waals surface area contributed by atoms with Gasteiger partial charge in [0, 0.05) is 38.4 Å². The molecule has 2 heterocycles. The summed E-state index contributed by atoms with van der Waals surface area (Å²) in [5.74, 6) is 1.18. The Kier molecular flexibility index (Phi) is 7.81. The highest BCUT2D eigenvalue weighted by molar-refractivity contribution is 6.17. The zero-order valence-corrected chi connectivity index (χ0v) is 11.7. The van der Waals surface area contributed by atoms with E-state index in [4.69, 9.17) is 11.6 Å². The quantitative estimate of drug-likeness (QED) is 0.800. The van der Waals surface area contributed by atoms with Gasteiger partial charge in [-0.1, -0.05) is 0 Å².